The van der Waals surface area contributed by atoms with Crippen molar-refractivity contribution in [3.63, 3.8) is 0 Å². The second kappa shape index (κ2) is 4.66. The molecule has 0 aromatic carbocycles. The van der Waals surface area contributed by atoms with Gasteiger partial charge in [0.2, 0.25) is 0 Å². The predicted octanol–water partition coefficient (Wildman–Crippen LogP) is 0.622. The molecule has 2 aromatic rings. The molecular weight excluding hydrogens is 232 g/mol. The minimum Gasteiger partial charge on any atom is -0.480 e. The van der Waals surface area contributed by atoms with Gasteiger partial charge in [0.05, 0.1) is 11.4 Å². The van der Waals surface area contributed by atoms with Crippen LogP contribution in [0.4, 0.5) is 5.69 Å². The number of hydrogen-bond acceptors (Lipinski definition) is 4. The van der Waals surface area contributed by atoms with E-state index in [1.165, 1.54) is 0 Å². The van der Waals surface area contributed by atoms with E-state index in [1.54, 1.807) is 11.9 Å². The van der Waals surface area contributed by atoms with Crippen LogP contribution in [-0.2, 0) is 11.3 Å². The molecule has 3 N–H and O–H groups in total. The van der Waals surface area contributed by atoms with E-state index >= 15 is 0 Å². The highest BCUT2D eigenvalue weighted by Gasteiger charge is 2.10. The number of anilines is 1. The van der Waals surface area contributed by atoms with Crippen molar-refractivity contribution in [3.8, 4) is 0 Å². The third-order valence-corrected chi connectivity index (χ3v) is 2.79. The Balaban J connectivity index is 2.44. The van der Waals surface area contributed by atoms with Gasteiger partial charge in [-0.15, -0.1) is 0 Å². The minimum absolute atomic E-state index is 0.0383. The molecule has 2 heterocycles. The summed E-state index contributed by atoms with van der Waals surface area (Å²) in [4.78, 5) is 16.8. The van der Waals surface area contributed by atoms with Crippen LogP contribution in [0.1, 0.15) is 11.3 Å². The zero-order valence-corrected chi connectivity index (χ0v) is 10.4. The maximum absolute atomic E-state index is 10.7. The lowest BCUT2D eigenvalue weighted by molar-refractivity contribution is -0.135. The number of rotatable bonds is 4. The topological polar surface area (TPSA) is 83.9 Å². The molecule has 0 saturated carbocycles. The van der Waals surface area contributed by atoms with Crippen molar-refractivity contribution in [1.82, 2.24) is 9.38 Å². The summed E-state index contributed by atoms with van der Waals surface area (Å²) in [6.07, 6.45) is 3.72. The Morgan fingerprint density at radius 3 is 2.89 bits per heavy atom. The van der Waals surface area contributed by atoms with Crippen LogP contribution in [0.15, 0.2) is 18.5 Å². The van der Waals surface area contributed by atoms with Gasteiger partial charge in [0.1, 0.15) is 12.2 Å². The summed E-state index contributed by atoms with van der Waals surface area (Å²) in [5, 5.41) is 8.79. The number of carboxylic acid groups (broad SMARTS) is 1. The van der Waals surface area contributed by atoms with Gasteiger partial charge in [-0.2, -0.15) is 0 Å². The first-order valence-corrected chi connectivity index (χ1v) is 5.62. The molecule has 0 atom stereocenters. The average Bonchev–Trinajstić information content (AvgIpc) is 2.71. The van der Waals surface area contributed by atoms with Crippen LogP contribution < -0.4 is 10.6 Å². The van der Waals surface area contributed by atoms with Crippen molar-refractivity contribution in [1.29, 1.82) is 0 Å². The molecule has 0 aliphatic heterocycles. The van der Waals surface area contributed by atoms with Crippen molar-refractivity contribution in [2.24, 2.45) is 5.73 Å². The molecule has 0 spiro atoms. The smallest absolute Gasteiger partial charge is 0.323 e. The lowest BCUT2D eigenvalue weighted by atomic mass is 10.2. The molecule has 0 fully saturated rings. The zero-order chi connectivity index (χ0) is 13.3. The first-order valence-electron chi connectivity index (χ1n) is 5.62. The van der Waals surface area contributed by atoms with Gasteiger partial charge in [0.25, 0.3) is 0 Å². The van der Waals surface area contributed by atoms with Crippen LogP contribution in [0.5, 0.6) is 0 Å². The number of aliphatic carboxylic acids is 1. The van der Waals surface area contributed by atoms with E-state index in [9.17, 15) is 4.79 Å². The third-order valence-electron chi connectivity index (χ3n) is 2.79. The Morgan fingerprint density at radius 2 is 2.28 bits per heavy atom. The highest BCUT2D eigenvalue weighted by Crippen LogP contribution is 2.19. The van der Waals surface area contributed by atoms with Gasteiger partial charge in [0, 0.05) is 26.0 Å². The number of nitrogens with zero attached hydrogens (tertiary/aromatic N) is 3. The van der Waals surface area contributed by atoms with Gasteiger partial charge in [0.15, 0.2) is 0 Å². The second-order valence-electron chi connectivity index (χ2n) is 4.30. The van der Waals surface area contributed by atoms with Crippen LogP contribution in [0, 0.1) is 6.92 Å². The monoisotopic (exact) mass is 248 g/mol. The number of aryl methyl sites for hydroxylation is 1. The molecule has 0 amide bonds. The van der Waals surface area contributed by atoms with E-state index in [0.29, 0.717) is 6.54 Å². The quantitative estimate of drug-likeness (QED) is 0.828. The van der Waals surface area contributed by atoms with Crippen LogP contribution in [0.25, 0.3) is 5.65 Å². The molecule has 0 aliphatic carbocycles. The van der Waals surface area contributed by atoms with Gasteiger partial charge in [-0.25, -0.2) is 4.98 Å². The highest BCUT2D eigenvalue weighted by molar-refractivity contribution is 5.73. The number of pyridine rings is 1. The zero-order valence-electron chi connectivity index (χ0n) is 10.4. The molecule has 6 nitrogen and oxygen atoms in total. The summed E-state index contributed by atoms with van der Waals surface area (Å²) in [6, 6.07) is 1.92. The van der Waals surface area contributed by atoms with Gasteiger partial charge >= 0.3 is 5.97 Å². The molecule has 0 radical (unpaired) electrons. The fourth-order valence-electron chi connectivity index (χ4n) is 1.90. The summed E-state index contributed by atoms with van der Waals surface area (Å²) in [5.41, 5.74) is 9.06. The third kappa shape index (κ3) is 2.28. The van der Waals surface area contributed by atoms with Gasteiger partial charge in [-0.1, -0.05) is 0 Å². The van der Waals surface area contributed by atoms with E-state index < -0.39 is 5.97 Å². The first-order chi connectivity index (χ1) is 8.51. The first kappa shape index (κ1) is 12.4. The number of nitrogens with two attached hydrogens (primary N) is 1. The molecule has 0 unspecified atom stereocenters. The standard InChI is InChI=1S/C12H16N4O2/c1-8-3-10(15(2)7-11(17)18)6-16-5-9(4-13)14-12(8)16/h3,5-6H,4,7,13H2,1-2H3,(H,17,18). The lowest BCUT2D eigenvalue weighted by Gasteiger charge is -2.17. The van der Waals surface area contributed by atoms with Crippen LogP contribution in [0.3, 0.4) is 0 Å². The van der Waals surface area contributed by atoms with Crippen LogP contribution in [0.2, 0.25) is 0 Å². The summed E-state index contributed by atoms with van der Waals surface area (Å²) in [5.74, 6) is -0.858. The van der Waals surface area contributed by atoms with Gasteiger partial charge in [-0.3, -0.25) is 4.79 Å². The number of hydrogen-bond donors (Lipinski definition) is 2. The summed E-state index contributed by atoms with van der Waals surface area (Å²) >= 11 is 0. The Kier molecular flexibility index (Phi) is 3.20. The van der Waals surface area contributed by atoms with Crippen LogP contribution >= 0.6 is 0 Å². The van der Waals surface area contributed by atoms with Crippen molar-refractivity contribution < 1.29 is 9.90 Å². The Morgan fingerprint density at radius 1 is 1.56 bits per heavy atom. The molecule has 2 aromatic heterocycles. The van der Waals surface area contributed by atoms with Crippen molar-refractivity contribution >= 4 is 17.3 Å². The summed E-state index contributed by atoms with van der Waals surface area (Å²) < 4.78 is 1.88. The molecule has 0 bridgehead atoms. The van der Waals surface area contributed by atoms with E-state index in [1.807, 2.05) is 29.8 Å². The maximum Gasteiger partial charge on any atom is 0.323 e. The van der Waals surface area contributed by atoms with Crippen molar-refractivity contribution in [2.75, 3.05) is 18.5 Å². The van der Waals surface area contributed by atoms with Crippen molar-refractivity contribution in [2.45, 2.75) is 13.5 Å². The van der Waals surface area contributed by atoms with E-state index in [-0.39, 0.29) is 6.54 Å². The number of carboxylic acids is 1. The fourth-order valence-corrected chi connectivity index (χ4v) is 1.90. The predicted molar refractivity (Wildman–Crippen MR) is 68.7 cm³/mol. The number of carbonyl (C=O) groups is 1. The SMILES string of the molecule is Cc1cc(N(C)CC(=O)O)cn2cc(CN)nc12. The summed E-state index contributed by atoms with van der Waals surface area (Å²) in [7, 11) is 1.75. The van der Waals surface area contributed by atoms with E-state index in [4.69, 9.17) is 10.8 Å². The van der Waals surface area contributed by atoms with Gasteiger partial charge in [-0.05, 0) is 18.6 Å². The van der Waals surface area contributed by atoms with Crippen molar-refractivity contribution in [3.05, 3.63) is 29.7 Å². The highest BCUT2D eigenvalue weighted by atomic mass is 16.4. The lowest BCUT2D eigenvalue weighted by Crippen LogP contribution is -2.25. The number of imidazole rings is 1. The normalized spacial score (nSPS) is 10.8. The maximum atomic E-state index is 10.7. The van der Waals surface area contributed by atoms with Gasteiger partial charge < -0.3 is 20.1 Å². The Labute approximate surface area is 105 Å². The Bertz CT molecular complexity index is 591. The molecule has 96 valence electrons. The molecule has 6 heteroatoms. The molecular formula is C12H16N4O2. The number of likely N-dealkylation sites (N-methyl/N-ethyl adjacent to an activating group) is 1. The fraction of sp³-hybridized carbons (Fsp3) is 0.333. The van der Waals surface area contributed by atoms with Crippen LogP contribution in [-0.4, -0.2) is 34.1 Å². The average molecular weight is 248 g/mol. The summed E-state index contributed by atoms with van der Waals surface area (Å²) in [6.45, 7) is 2.30. The molecule has 2 rings (SSSR count). The van der Waals surface area contributed by atoms with E-state index in [2.05, 4.69) is 4.98 Å². The Hall–Kier alpha value is -2.08. The molecule has 0 saturated heterocycles. The number of aromatic nitrogens is 2. The molecule has 18 heavy (non-hydrogen) atoms. The van der Waals surface area contributed by atoms with E-state index in [0.717, 1.165) is 22.6 Å². The largest absolute Gasteiger partial charge is 0.480 e. The second-order valence-corrected chi connectivity index (χ2v) is 4.30. The molecule has 0 aliphatic rings. The number of fused-ring (bicyclic) bond motifs is 1. The minimum atomic E-state index is -0.858.